The molecule has 0 saturated carbocycles. The zero-order chi connectivity index (χ0) is 10.2. The van der Waals surface area contributed by atoms with Gasteiger partial charge in [0.05, 0.1) is 5.69 Å². The quantitative estimate of drug-likeness (QED) is 0.735. The fraction of sp³-hybridized carbons (Fsp3) is 0.727. The summed E-state index contributed by atoms with van der Waals surface area (Å²) in [4.78, 5) is 0. The maximum atomic E-state index is 4.37. The van der Waals surface area contributed by atoms with Crippen LogP contribution in [0.25, 0.3) is 0 Å². The Labute approximate surface area is 85.5 Å². The second kappa shape index (κ2) is 3.39. The highest BCUT2D eigenvalue weighted by Crippen LogP contribution is 2.30. The highest BCUT2D eigenvalue weighted by Gasteiger charge is 2.31. The van der Waals surface area contributed by atoms with Crippen LogP contribution in [0.4, 0.5) is 0 Å². The van der Waals surface area contributed by atoms with Gasteiger partial charge in [0.25, 0.3) is 0 Å². The van der Waals surface area contributed by atoms with Crippen molar-refractivity contribution in [2.75, 3.05) is 6.54 Å². The van der Waals surface area contributed by atoms with Crippen molar-refractivity contribution in [3.63, 3.8) is 0 Å². The van der Waals surface area contributed by atoms with E-state index in [-0.39, 0.29) is 0 Å². The molecular weight excluding hydrogens is 174 g/mol. The van der Waals surface area contributed by atoms with Crippen molar-refractivity contribution in [3.8, 4) is 0 Å². The lowest BCUT2D eigenvalue weighted by Crippen LogP contribution is -2.36. The van der Waals surface area contributed by atoms with E-state index < -0.39 is 0 Å². The molecule has 0 spiro atoms. The second-order valence-corrected chi connectivity index (χ2v) is 4.89. The standard InChI is InChI=1S/C11H19N3/c1-9(2)11(3)7-12-6-10-4-5-13-14(10)8-11/h4-5,9,12H,6-8H2,1-3H3. The summed E-state index contributed by atoms with van der Waals surface area (Å²) in [5.74, 6) is 0.671. The summed E-state index contributed by atoms with van der Waals surface area (Å²) >= 11 is 0. The van der Waals surface area contributed by atoms with Crippen molar-refractivity contribution in [1.29, 1.82) is 0 Å². The third kappa shape index (κ3) is 1.57. The SMILES string of the molecule is CC(C)C1(C)CNCc2ccnn2C1. The predicted octanol–water partition coefficient (Wildman–Crippen LogP) is 1.65. The fourth-order valence-electron chi connectivity index (χ4n) is 1.91. The number of hydrogen-bond donors (Lipinski definition) is 1. The summed E-state index contributed by atoms with van der Waals surface area (Å²) in [6.07, 6.45) is 1.89. The molecule has 2 rings (SSSR count). The fourth-order valence-corrected chi connectivity index (χ4v) is 1.91. The average Bonchev–Trinajstić information content (AvgIpc) is 2.46. The molecule has 1 atom stereocenters. The second-order valence-electron chi connectivity index (χ2n) is 4.89. The molecule has 3 heteroatoms. The van der Waals surface area contributed by atoms with Crippen molar-refractivity contribution >= 4 is 0 Å². The van der Waals surface area contributed by atoms with Crippen LogP contribution in [0, 0.1) is 11.3 Å². The largest absolute Gasteiger partial charge is 0.311 e. The van der Waals surface area contributed by atoms with E-state index >= 15 is 0 Å². The Hall–Kier alpha value is -0.830. The summed E-state index contributed by atoms with van der Waals surface area (Å²) in [5, 5.41) is 7.87. The molecule has 1 N–H and O–H groups in total. The van der Waals surface area contributed by atoms with E-state index in [0.29, 0.717) is 11.3 Å². The monoisotopic (exact) mass is 193 g/mol. The zero-order valence-electron chi connectivity index (χ0n) is 9.25. The van der Waals surface area contributed by atoms with E-state index in [1.54, 1.807) is 0 Å². The minimum atomic E-state index is 0.317. The van der Waals surface area contributed by atoms with Gasteiger partial charge < -0.3 is 5.32 Å². The topological polar surface area (TPSA) is 29.9 Å². The molecular formula is C11H19N3. The maximum Gasteiger partial charge on any atom is 0.0522 e. The highest BCUT2D eigenvalue weighted by atomic mass is 15.3. The van der Waals surface area contributed by atoms with Gasteiger partial charge >= 0.3 is 0 Å². The van der Waals surface area contributed by atoms with Crippen molar-refractivity contribution in [1.82, 2.24) is 15.1 Å². The number of fused-ring (bicyclic) bond motifs is 1. The van der Waals surface area contributed by atoms with Crippen LogP contribution in [0.1, 0.15) is 26.5 Å². The smallest absolute Gasteiger partial charge is 0.0522 e. The van der Waals surface area contributed by atoms with E-state index in [0.717, 1.165) is 19.6 Å². The summed E-state index contributed by atoms with van der Waals surface area (Å²) in [5.41, 5.74) is 1.62. The molecule has 0 aromatic carbocycles. The van der Waals surface area contributed by atoms with Gasteiger partial charge in [-0.25, -0.2) is 0 Å². The number of nitrogens with zero attached hydrogens (tertiary/aromatic N) is 2. The molecule has 14 heavy (non-hydrogen) atoms. The van der Waals surface area contributed by atoms with E-state index in [1.807, 2.05) is 6.20 Å². The Morgan fingerprint density at radius 1 is 1.57 bits per heavy atom. The molecule has 1 aliphatic heterocycles. The number of hydrogen-bond acceptors (Lipinski definition) is 2. The van der Waals surface area contributed by atoms with Gasteiger partial charge in [0.2, 0.25) is 0 Å². The summed E-state index contributed by atoms with van der Waals surface area (Å²) in [6, 6.07) is 2.10. The first-order chi connectivity index (χ1) is 6.62. The minimum Gasteiger partial charge on any atom is -0.311 e. The van der Waals surface area contributed by atoms with Gasteiger partial charge in [0.15, 0.2) is 0 Å². The molecule has 0 aliphatic carbocycles. The average molecular weight is 193 g/mol. The van der Waals surface area contributed by atoms with Gasteiger partial charge in [0, 0.05) is 31.2 Å². The van der Waals surface area contributed by atoms with E-state index in [2.05, 4.69) is 41.9 Å². The highest BCUT2D eigenvalue weighted by molar-refractivity contribution is 5.03. The maximum absolute atomic E-state index is 4.37. The van der Waals surface area contributed by atoms with Crippen LogP contribution >= 0.6 is 0 Å². The zero-order valence-corrected chi connectivity index (χ0v) is 9.25. The molecule has 0 saturated heterocycles. The first-order valence-corrected chi connectivity index (χ1v) is 5.33. The van der Waals surface area contributed by atoms with Gasteiger partial charge in [0.1, 0.15) is 0 Å². The Balaban J connectivity index is 2.27. The first kappa shape index (κ1) is 9.71. The molecule has 78 valence electrons. The van der Waals surface area contributed by atoms with Crippen LogP contribution in [0.5, 0.6) is 0 Å². The Morgan fingerprint density at radius 3 is 3.07 bits per heavy atom. The lowest BCUT2D eigenvalue weighted by Gasteiger charge is -2.32. The lowest BCUT2D eigenvalue weighted by molar-refractivity contribution is 0.178. The van der Waals surface area contributed by atoms with Gasteiger partial charge in [-0.15, -0.1) is 0 Å². The van der Waals surface area contributed by atoms with Crippen LogP contribution in [0.15, 0.2) is 12.3 Å². The summed E-state index contributed by atoms with van der Waals surface area (Å²) in [7, 11) is 0. The van der Waals surface area contributed by atoms with Crippen molar-refractivity contribution in [3.05, 3.63) is 18.0 Å². The number of nitrogens with one attached hydrogen (secondary N) is 1. The minimum absolute atomic E-state index is 0.317. The van der Waals surface area contributed by atoms with Gasteiger partial charge in [-0.05, 0) is 12.0 Å². The summed E-state index contributed by atoms with van der Waals surface area (Å²) in [6.45, 7) is 9.96. The third-order valence-electron chi connectivity index (χ3n) is 3.54. The van der Waals surface area contributed by atoms with Crippen LogP contribution in [0.2, 0.25) is 0 Å². The van der Waals surface area contributed by atoms with Crippen molar-refractivity contribution < 1.29 is 0 Å². The molecule has 0 amide bonds. The van der Waals surface area contributed by atoms with E-state index in [9.17, 15) is 0 Å². The first-order valence-electron chi connectivity index (χ1n) is 5.33. The molecule has 3 nitrogen and oxygen atoms in total. The molecule has 2 heterocycles. The lowest BCUT2D eigenvalue weighted by atomic mass is 9.79. The van der Waals surface area contributed by atoms with Crippen LogP contribution < -0.4 is 5.32 Å². The van der Waals surface area contributed by atoms with Gasteiger partial charge in [-0.1, -0.05) is 20.8 Å². The molecule has 0 radical (unpaired) electrons. The third-order valence-corrected chi connectivity index (χ3v) is 3.54. The molecule has 0 fully saturated rings. The predicted molar refractivity (Wildman–Crippen MR) is 56.9 cm³/mol. The van der Waals surface area contributed by atoms with E-state index in [4.69, 9.17) is 0 Å². The van der Waals surface area contributed by atoms with Crippen LogP contribution in [-0.2, 0) is 13.1 Å². The molecule has 0 bridgehead atoms. The normalized spacial score (nSPS) is 27.4. The molecule has 1 unspecified atom stereocenters. The van der Waals surface area contributed by atoms with Crippen LogP contribution in [-0.4, -0.2) is 16.3 Å². The number of rotatable bonds is 1. The Kier molecular flexibility index (Phi) is 2.35. The van der Waals surface area contributed by atoms with Crippen molar-refractivity contribution in [2.24, 2.45) is 11.3 Å². The number of aromatic nitrogens is 2. The van der Waals surface area contributed by atoms with Crippen LogP contribution in [0.3, 0.4) is 0 Å². The summed E-state index contributed by atoms with van der Waals surface area (Å²) < 4.78 is 2.14. The molecule has 1 aromatic rings. The Morgan fingerprint density at radius 2 is 2.36 bits per heavy atom. The van der Waals surface area contributed by atoms with Gasteiger partial charge in [-0.3, -0.25) is 4.68 Å². The Bertz CT molecular complexity index is 316. The van der Waals surface area contributed by atoms with E-state index in [1.165, 1.54) is 5.69 Å². The van der Waals surface area contributed by atoms with Crippen molar-refractivity contribution in [2.45, 2.75) is 33.9 Å². The van der Waals surface area contributed by atoms with Gasteiger partial charge in [-0.2, -0.15) is 5.10 Å². The molecule has 1 aromatic heterocycles. The molecule has 1 aliphatic rings.